The zero-order valence-corrected chi connectivity index (χ0v) is 27.0. The average molecular weight is 597 g/mol. The molecule has 0 radical (unpaired) electrons. The summed E-state index contributed by atoms with van der Waals surface area (Å²) in [5.74, 6) is 0.452. The van der Waals surface area contributed by atoms with Crippen LogP contribution in [0.3, 0.4) is 0 Å². The second-order valence-corrected chi connectivity index (χ2v) is 13.8. The van der Waals surface area contributed by atoms with Gasteiger partial charge in [-0.25, -0.2) is 14.8 Å². The second kappa shape index (κ2) is 13.2. The van der Waals surface area contributed by atoms with E-state index in [2.05, 4.69) is 34.0 Å². The summed E-state index contributed by atoms with van der Waals surface area (Å²) < 4.78 is 6.47. The molecule has 4 saturated heterocycles. The van der Waals surface area contributed by atoms with Crippen molar-refractivity contribution >= 4 is 17.8 Å². The van der Waals surface area contributed by atoms with Crippen LogP contribution >= 0.6 is 0 Å². The maximum atomic E-state index is 13.7. The average Bonchev–Trinajstić information content (AvgIpc) is 2.99. The summed E-state index contributed by atoms with van der Waals surface area (Å²) >= 11 is 0. The molecular formula is C33H52N6O4. The highest BCUT2D eigenvalue weighted by atomic mass is 16.6. The van der Waals surface area contributed by atoms with Crippen molar-refractivity contribution in [1.29, 1.82) is 0 Å². The monoisotopic (exact) mass is 596 g/mol. The first-order valence-electron chi connectivity index (χ1n) is 16.6. The Balaban J connectivity index is 1.24. The molecule has 43 heavy (non-hydrogen) atoms. The molecule has 4 fully saturated rings. The summed E-state index contributed by atoms with van der Waals surface area (Å²) in [7, 11) is 0. The topological polar surface area (TPSA) is 108 Å². The first-order chi connectivity index (χ1) is 20.6. The summed E-state index contributed by atoms with van der Waals surface area (Å²) in [6, 6.07) is -0.413. The molecule has 0 bridgehead atoms. The lowest BCUT2D eigenvalue weighted by molar-refractivity contribution is -0.148. The van der Waals surface area contributed by atoms with E-state index in [4.69, 9.17) is 4.74 Å². The number of Topliss-reactive ketones (excluding diaryl/α,β-unsaturated/α-hetero) is 1. The quantitative estimate of drug-likeness (QED) is 0.477. The molecule has 0 saturated carbocycles. The molecule has 1 spiro atoms. The van der Waals surface area contributed by atoms with Gasteiger partial charge in [0, 0.05) is 63.6 Å². The van der Waals surface area contributed by atoms with Gasteiger partial charge in [-0.1, -0.05) is 19.8 Å². The Hall–Kier alpha value is -2.59. The van der Waals surface area contributed by atoms with Gasteiger partial charge in [0.2, 0.25) is 0 Å². The van der Waals surface area contributed by atoms with Crippen LogP contribution in [0.25, 0.3) is 0 Å². The highest BCUT2D eigenvalue weighted by Crippen LogP contribution is 2.44. The van der Waals surface area contributed by atoms with Gasteiger partial charge in [-0.15, -0.1) is 0 Å². The number of ketones is 1. The summed E-state index contributed by atoms with van der Waals surface area (Å²) in [4.78, 5) is 54.7. The molecule has 1 aromatic heterocycles. The molecule has 1 N–H and O–H groups in total. The molecule has 0 aromatic carbocycles. The molecule has 1 aromatic rings. The molecule has 5 heterocycles. The number of ether oxygens (including phenoxy) is 1. The van der Waals surface area contributed by atoms with Crippen LogP contribution < -0.4 is 5.32 Å². The molecule has 2 amide bonds. The van der Waals surface area contributed by atoms with E-state index in [1.54, 1.807) is 11.8 Å². The van der Waals surface area contributed by atoms with Gasteiger partial charge in [0.15, 0.2) is 5.78 Å². The van der Waals surface area contributed by atoms with Crippen molar-refractivity contribution in [2.45, 2.75) is 110 Å². The third-order valence-corrected chi connectivity index (χ3v) is 11.1. The van der Waals surface area contributed by atoms with E-state index in [-0.39, 0.29) is 35.2 Å². The van der Waals surface area contributed by atoms with E-state index in [1.165, 1.54) is 6.33 Å². The zero-order valence-electron chi connectivity index (χ0n) is 27.0. The Morgan fingerprint density at radius 3 is 2.35 bits per heavy atom. The predicted molar refractivity (Wildman–Crippen MR) is 165 cm³/mol. The van der Waals surface area contributed by atoms with Gasteiger partial charge in [0.1, 0.15) is 11.9 Å². The van der Waals surface area contributed by atoms with Crippen LogP contribution in [0.15, 0.2) is 6.33 Å². The third kappa shape index (κ3) is 6.46. The Morgan fingerprint density at radius 2 is 1.77 bits per heavy atom. The first-order valence-corrected chi connectivity index (χ1v) is 16.6. The molecule has 4 aliphatic rings. The molecule has 3 unspecified atom stereocenters. The minimum absolute atomic E-state index is 0.00694. The number of nitrogens with zero attached hydrogens (tertiary/aromatic N) is 5. The molecule has 4 aliphatic heterocycles. The fourth-order valence-electron chi connectivity index (χ4n) is 8.28. The Kier molecular flexibility index (Phi) is 9.76. The number of carbonyl (C=O) groups excluding carboxylic acids is 3. The summed E-state index contributed by atoms with van der Waals surface area (Å²) in [5, 5.41) is 3.42. The van der Waals surface area contributed by atoms with Gasteiger partial charge >= 0.3 is 6.09 Å². The molecule has 5 rings (SSSR count). The fourth-order valence-corrected chi connectivity index (χ4v) is 8.28. The Morgan fingerprint density at radius 1 is 1.09 bits per heavy atom. The van der Waals surface area contributed by atoms with Crippen molar-refractivity contribution < 1.29 is 19.1 Å². The summed E-state index contributed by atoms with van der Waals surface area (Å²) in [5.41, 5.74) is 1.61. The highest BCUT2D eigenvalue weighted by Gasteiger charge is 2.53. The van der Waals surface area contributed by atoms with Gasteiger partial charge in [-0.3, -0.25) is 19.4 Å². The molecule has 10 heteroatoms. The van der Waals surface area contributed by atoms with Crippen molar-refractivity contribution in [1.82, 2.24) is 30.0 Å². The number of unbranched alkanes of at least 4 members (excludes halogenated alkanes) is 1. The minimum Gasteiger partial charge on any atom is -0.442 e. The van der Waals surface area contributed by atoms with Gasteiger partial charge in [0.05, 0.1) is 23.0 Å². The van der Waals surface area contributed by atoms with Crippen LogP contribution in [0.1, 0.15) is 100 Å². The van der Waals surface area contributed by atoms with Crippen molar-refractivity contribution in [3.63, 3.8) is 0 Å². The number of aromatic nitrogens is 2. The molecule has 238 valence electrons. The van der Waals surface area contributed by atoms with Crippen LogP contribution in [0.4, 0.5) is 4.79 Å². The number of carbonyl (C=O) groups is 3. The van der Waals surface area contributed by atoms with Crippen LogP contribution in [0.2, 0.25) is 0 Å². The number of rotatable bonds is 8. The minimum atomic E-state index is -0.471. The lowest BCUT2D eigenvalue weighted by atomic mass is 9.73. The lowest BCUT2D eigenvalue weighted by Crippen LogP contribution is -2.66. The standard InChI is InChI=1S/C33H52N6O4/c1-6-7-10-27-21-39(29(25(4)40)26-9-8-15-34-20-26)31(42)43-33(27)13-18-38(19-14-33)32(5)11-16-37(17-12-32)30(41)28-23(2)35-22-36-24(28)3/h22,26-27,29,34H,6-21H2,1-5H3. The van der Waals surface area contributed by atoms with E-state index in [0.717, 1.165) is 95.4 Å². The van der Waals surface area contributed by atoms with E-state index in [0.29, 0.717) is 25.2 Å². The first kappa shape index (κ1) is 31.8. The van der Waals surface area contributed by atoms with Crippen LogP contribution in [0, 0.1) is 25.7 Å². The molecule has 3 atom stereocenters. The van der Waals surface area contributed by atoms with Gasteiger partial charge in [-0.05, 0) is 72.3 Å². The number of aryl methyl sites for hydroxylation is 2. The molecular weight excluding hydrogens is 544 g/mol. The van der Waals surface area contributed by atoms with Crippen molar-refractivity contribution in [3.8, 4) is 0 Å². The van der Waals surface area contributed by atoms with Crippen molar-refractivity contribution in [3.05, 3.63) is 23.3 Å². The number of likely N-dealkylation sites (tertiary alicyclic amines) is 2. The predicted octanol–water partition coefficient (Wildman–Crippen LogP) is 4.14. The van der Waals surface area contributed by atoms with E-state index < -0.39 is 11.6 Å². The third-order valence-electron chi connectivity index (χ3n) is 11.1. The normalized spacial score (nSPS) is 26.7. The van der Waals surface area contributed by atoms with Crippen LogP contribution in [0.5, 0.6) is 0 Å². The lowest BCUT2D eigenvalue weighted by Gasteiger charge is -2.55. The number of hydrogen-bond donors (Lipinski definition) is 1. The van der Waals surface area contributed by atoms with Gasteiger partial charge in [-0.2, -0.15) is 0 Å². The number of amides is 2. The maximum absolute atomic E-state index is 13.7. The molecule has 0 aliphatic carbocycles. The number of piperidine rings is 3. The smallest absolute Gasteiger partial charge is 0.410 e. The second-order valence-electron chi connectivity index (χ2n) is 13.8. The summed E-state index contributed by atoms with van der Waals surface area (Å²) in [6.45, 7) is 15.4. The SMILES string of the molecule is CCCCC1CN(C(C(C)=O)C2CCCNC2)C(=O)OC12CCN(C1(C)CCN(C(=O)c3c(C)ncnc3C)CC1)CC2. The molecule has 10 nitrogen and oxygen atoms in total. The largest absolute Gasteiger partial charge is 0.442 e. The van der Waals surface area contributed by atoms with E-state index in [9.17, 15) is 14.4 Å². The maximum Gasteiger partial charge on any atom is 0.410 e. The summed E-state index contributed by atoms with van der Waals surface area (Å²) in [6.07, 6.45) is 9.82. The van der Waals surface area contributed by atoms with Gasteiger partial charge in [0.25, 0.3) is 5.91 Å². The number of nitrogens with one attached hydrogen (secondary N) is 1. The van der Waals surface area contributed by atoms with Crippen LogP contribution in [-0.4, -0.2) is 105 Å². The van der Waals surface area contributed by atoms with Crippen LogP contribution in [-0.2, 0) is 9.53 Å². The number of hydrogen-bond acceptors (Lipinski definition) is 8. The van der Waals surface area contributed by atoms with Crippen molar-refractivity contribution in [2.24, 2.45) is 11.8 Å². The highest BCUT2D eigenvalue weighted by molar-refractivity contribution is 5.96. The zero-order chi connectivity index (χ0) is 30.8. The Labute approximate surface area is 257 Å². The van der Waals surface area contributed by atoms with Gasteiger partial charge < -0.3 is 15.0 Å². The fraction of sp³-hybridized carbons (Fsp3) is 0.788. The Bertz CT molecular complexity index is 1150. The van der Waals surface area contributed by atoms with E-state index in [1.807, 2.05) is 18.7 Å². The van der Waals surface area contributed by atoms with Crippen molar-refractivity contribution in [2.75, 3.05) is 45.8 Å². The van der Waals surface area contributed by atoms with E-state index >= 15 is 0 Å².